The van der Waals surface area contributed by atoms with E-state index in [1.54, 1.807) is 10.8 Å². The summed E-state index contributed by atoms with van der Waals surface area (Å²) in [5, 5.41) is 7.63. The number of nitrogens with one attached hydrogen (secondary N) is 1. The molecule has 0 saturated heterocycles. The van der Waals surface area contributed by atoms with Crippen LogP contribution in [0.3, 0.4) is 0 Å². The van der Waals surface area contributed by atoms with Gasteiger partial charge in [-0.1, -0.05) is 36.4 Å². The van der Waals surface area contributed by atoms with Crippen LogP contribution in [0.1, 0.15) is 0 Å². The molecule has 0 bridgehead atoms. The maximum absolute atomic E-state index is 4.49. The minimum Gasteiger partial charge on any atom is -0.276 e. The van der Waals surface area contributed by atoms with Gasteiger partial charge in [-0.3, -0.25) is 10.1 Å². The number of rotatable bonds is 2. The SMILES string of the molecule is c1ccc(-c2cc3nc(-c4ccccn4)nn3[nH]2)cc1. The van der Waals surface area contributed by atoms with Crippen LogP contribution >= 0.6 is 0 Å². The lowest BCUT2D eigenvalue weighted by molar-refractivity contribution is 0.827. The van der Waals surface area contributed by atoms with Crippen molar-refractivity contribution in [2.45, 2.75) is 0 Å². The molecule has 20 heavy (non-hydrogen) atoms. The lowest BCUT2D eigenvalue weighted by Gasteiger charge is -1.95. The standard InChI is InChI=1S/C15H11N5/c1-2-6-11(7-3-1)13-10-14-17-15(19-20(14)18-13)12-8-4-5-9-16-12/h1-10,18H. The van der Waals surface area contributed by atoms with E-state index in [0.29, 0.717) is 5.82 Å². The third-order valence-corrected chi connectivity index (χ3v) is 3.11. The van der Waals surface area contributed by atoms with Gasteiger partial charge in [0.15, 0.2) is 5.65 Å². The first-order valence-corrected chi connectivity index (χ1v) is 6.33. The summed E-state index contributed by atoms with van der Waals surface area (Å²) in [4.78, 5) is 8.74. The van der Waals surface area contributed by atoms with Gasteiger partial charge in [0.2, 0.25) is 5.82 Å². The van der Waals surface area contributed by atoms with Crippen molar-refractivity contribution in [3.05, 3.63) is 60.8 Å². The summed E-state index contributed by atoms with van der Waals surface area (Å²) in [6.07, 6.45) is 1.74. The number of hydrogen-bond donors (Lipinski definition) is 1. The highest BCUT2D eigenvalue weighted by Gasteiger charge is 2.10. The number of nitrogens with zero attached hydrogens (tertiary/aromatic N) is 4. The first-order valence-electron chi connectivity index (χ1n) is 6.33. The van der Waals surface area contributed by atoms with Crippen molar-refractivity contribution in [1.82, 2.24) is 24.8 Å². The molecule has 0 aliphatic carbocycles. The third kappa shape index (κ3) is 1.76. The average Bonchev–Trinajstić information content (AvgIpc) is 3.08. The van der Waals surface area contributed by atoms with E-state index in [-0.39, 0.29) is 0 Å². The van der Waals surface area contributed by atoms with Gasteiger partial charge in [0, 0.05) is 12.3 Å². The van der Waals surface area contributed by atoms with Gasteiger partial charge in [-0.25, -0.2) is 4.98 Å². The van der Waals surface area contributed by atoms with E-state index in [0.717, 1.165) is 22.6 Å². The zero-order valence-electron chi connectivity index (χ0n) is 10.6. The van der Waals surface area contributed by atoms with Gasteiger partial charge in [-0.15, -0.1) is 5.10 Å². The molecule has 0 aliphatic heterocycles. The summed E-state index contributed by atoms with van der Waals surface area (Å²) < 4.78 is 1.67. The van der Waals surface area contributed by atoms with Crippen LogP contribution in [0.25, 0.3) is 28.4 Å². The Balaban J connectivity index is 1.78. The van der Waals surface area contributed by atoms with Crippen LogP contribution in [0.5, 0.6) is 0 Å². The Labute approximate surface area is 114 Å². The summed E-state index contributed by atoms with van der Waals surface area (Å²) in [7, 11) is 0. The minimum absolute atomic E-state index is 0.622. The van der Waals surface area contributed by atoms with E-state index in [1.807, 2.05) is 54.6 Å². The van der Waals surface area contributed by atoms with Crippen LogP contribution in [-0.4, -0.2) is 24.8 Å². The molecule has 3 aromatic heterocycles. The van der Waals surface area contributed by atoms with E-state index < -0.39 is 0 Å². The largest absolute Gasteiger partial charge is 0.276 e. The molecule has 0 radical (unpaired) electrons. The highest BCUT2D eigenvalue weighted by Crippen LogP contribution is 2.20. The van der Waals surface area contributed by atoms with Gasteiger partial charge < -0.3 is 0 Å². The topological polar surface area (TPSA) is 58.9 Å². The van der Waals surface area contributed by atoms with Crippen molar-refractivity contribution in [1.29, 1.82) is 0 Å². The molecule has 0 fully saturated rings. The van der Waals surface area contributed by atoms with E-state index in [4.69, 9.17) is 0 Å². The number of aromatic amines is 1. The van der Waals surface area contributed by atoms with Crippen LogP contribution in [-0.2, 0) is 0 Å². The normalized spacial score (nSPS) is 11.0. The number of hydrogen-bond acceptors (Lipinski definition) is 3. The Kier molecular flexibility index (Phi) is 2.35. The Morgan fingerprint density at radius 2 is 1.80 bits per heavy atom. The Morgan fingerprint density at radius 1 is 0.950 bits per heavy atom. The molecular formula is C15H11N5. The van der Waals surface area contributed by atoms with Gasteiger partial charge in [0.25, 0.3) is 0 Å². The Hall–Kier alpha value is -2.95. The van der Waals surface area contributed by atoms with Crippen molar-refractivity contribution in [2.75, 3.05) is 0 Å². The minimum atomic E-state index is 0.622. The molecule has 0 aliphatic rings. The van der Waals surface area contributed by atoms with Crippen molar-refractivity contribution < 1.29 is 0 Å². The molecule has 5 heteroatoms. The Bertz CT molecular complexity index is 745. The van der Waals surface area contributed by atoms with Crippen LogP contribution in [0.2, 0.25) is 0 Å². The van der Waals surface area contributed by atoms with Gasteiger partial charge in [0.05, 0.1) is 5.69 Å². The second kappa shape index (κ2) is 4.31. The predicted octanol–water partition coefficient (Wildman–Crippen LogP) is 2.79. The fraction of sp³-hybridized carbons (Fsp3) is 0. The number of fused-ring (bicyclic) bond motifs is 1. The maximum Gasteiger partial charge on any atom is 0.202 e. The molecule has 1 N–H and O–H groups in total. The smallest absolute Gasteiger partial charge is 0.202 e. The zero-order valence-corrected chi connectivity index (χ0v) is 10.6. The second-order valence-electron chi connectivity index (χ2n) is 4.46. The summed E-state index contributed by atoms with van der Waals surface area (Å²) in [6.45, 7) is 0. The van der Waals surface area contributed by atoms with E-state index >= 15 is 0 Å². The van der Waals surface area contributed by atoms with Crippen molar-refractivity contribution in [3.8, 4) is 22.8 Å². The highest BCUT2D eigenvalue weighted by atomic mass is 15.5. The molecule has 0 unspecified atom stereocenters. The van der Waals surface area contributed by atoms with Crippen LogP contribution in [0, 0.1) is 0 Å². The van der Waals surface area contributed by atoms with Gasteiger partial charge in [-0.05, 0) is 17.7 Å². The fourth-order valence-corrected chi connectivity index (χ4v) is 2.14. The van der Waals surface area contributed by atoms with E-state index in [1.165, 1.54) is 0 Å². The summed E-state index contributed by atoms with van der Waals surface area (Å²) in [6, 6.07) is 17.8. The molecule has 3 heterocycles. The fourth-order valence-electron chi connectivity index (χ4n) is 2.14. The molecule has 0 atom stereocenters. The summed E-state index contributed by atoms with van der Waals surface area (Å²) >= 11 is 0. The average molecular weight is 261 g/mol. The van der Waals surface area contributed by atoms with Crippen molar-refractivity contribution >= 4 is 5.65 Å². The van der Waals surface area contributed by atoms with E-state index in [2.05, 4.69) is 20.2 Å². The van der Waals surface area contributed by atoms with Gasteiger partial charge in [-0.2, -0.15) is 4.63 Å². The lowest BCUT2D eigenvalue weighted by atomic mass is 10.2. The van der Waals surface area contributed by atoms with Crippen LogP contribution in [0.4, 0.5) is 0 Å². The number of pyridine rings is 1. The number of aromatic nitrogens is 5. The van der Waals surface area contributed by atoms with Crippen molar-refractivity contribution in [2.24, 2.45) is 0 Å². The molecule has 4 rings (SSSR count). The monoisotopic (exact) mass is 261 g/mol. The van der Waals surface area contributed by atoms with E-state index in [9.17, 15) is 0 Å². The maximum atomic E-state index is 4.49. The second-order valence-corrected chi connectivity index (χ2v) is 4.46. The molecule has 0 saturated carbocycles. The summed E-state index contributed by atoms with van der Waals surface area (Å²) in [5.41, 5.74) is 3.66. The zero-order chi connectivity index (χ0) is 13.4. The quantitative estimate of drug-likeness (QED) is 0.603. The molecule has 0 spiro atoms. The predicted molar refractivity (Wildman–Crippen MR) is 76.0 cm³/mol. The lowest BCUT2D eigenvalue weighted by Crippen LogP contribution is -1.89. The van der Waals surface area contributed by atoms with Gasteiger partial charge >= 0.3 is 0 Å². The van der Waals surface area contributed by atoms with Crippen LogP contribution < -0.4 is 0 Å². The molecule has 0 amide bonds. The van der Waals surface area contributed by atoms with Crippen molar-refractivity contribution in [3.63, 3.8) is 0 Å². The highest BCUT2D eigenvalue weighted by molar-refractivity contribution is 5.65. The first-order chi connectivity index (χ1) is 9.90. The molecule has 1 aromatic carbocycles. The molecular weight excluding hydrogens is 250 g/mol. The summed E-state index contributed by atoms with van der Waals surface area (Å²) in [5.74, 6) is 0.622. The molecule has 4 aromatic rings. The number of H-pyrrole nitrogens is 1. The molecule has 5 nitrogen and oxygen atoms in total. The Morgan fingerprint density at radius 3 is 2.55 bits per heavy atom. The first kappa shape index (κ1) is 10.9. The number of benzene rings is 1. The van der Waals surface area contributed by atoms with Gasteiger partial charge in [0.1, 0.15) is 5.69 Å². The van der Waals surface area contributed by atoms with Crippen LogP contribution in [0.15, 0.2) is 60.8 Å². The molecule has 96 valence electrons. The third-order valence-electron chi connectivity index (χ3n) is 3.11.